The van der Waals surface area contributed by atoms with Gasteiger partial charge in [0.1, 0.15) is 5.76 Å². The molecule has 2 heterocycles. The molecule has 114 valence electrons. The quantitative estimate of drug-likeness (QED) is 0.851. The molecule has 1 aliphatic heterocycles. The van der Waals surface area contributed by atoms with Crippen LogP contribution < -0.4 is 4.90 Å². The Hall–Kier alpha value is -1.92. The highest BCUT2D eigenvalue weighted by Gasteiger charge is 2.50. The molecule has 1 unspecified atom stereocenters. The molecule has 1 aliphatic rings. The smallest absolute Gasteiger partial charge is 0.263 e. The minimum atomic E-state index is -1.87. The Bertz CT molecular complexity index is 782. The molecule has 0 saturated carbocycles. The van der Waals surface area contributed by atoms with Gasteiger partial charge in [0.2, 0.25) is 5.78 Å². The van der Waals surface area contributed by atoms with E-state index in [0.717, 1.165) is 4.47 Å². The molecule has 0 fully saturated rings. The van der Waals surface area contributed by atoms with Crippen molar-refractivity contribution in [3.8, 4) is 0 Å². The maximum absolute atomic E-state index is 12.4. The molecule has 0 saturated heterocycles. The number of fused-ring (bicyclic) bond motifs is 1. The Labute approximate surface area is 135 Å². The van der Waals surface area contributed by atoms with Crippen molar-refractivity contribution >= 4 is 33.3 Å². The van der Waals surface area contributed by atoms with E-state index in [-0.39, 0.29) is 12.2 Å². The number of nitrogens with zero attached hydrogens (tertiary/aromatic N) is 1. The van der Waals surface area contributed by atoms with Crippen LogP contribution in [0.1, 0.15) is 28.3 Å². The first kappa shape index (κ1) is 15.0. The summed E-state index contributed by atoms with van der Waals surface area (Å²) in [4.78, 5) is 26.1. The van der Waals surface area contributed by atoms with Gasteiger partial charge in [-0.2, -0.15) is 0 Å². The average molecular weight is 364 g/mol. The van der Waals surface area contributed by atoms with Crippen LogP contribution in [-0.4, -0.2) is 23.8 Å². The fraction of sp³-hybridized carbons (Fsp3) is 0.250. The Morgan fingerprint density at radius 3 is 2.73 bits per heavy atom. The molecule has 1 aromatic carbocycles. The number of anilines is 1. The van der Waals surface area contributed by atoms with Crippen molar-refractivity contribution < 1.29 is 19.1 Å². The fourth-order valence-electron chi connectivity index (χ4n) is 2.71. The summed E-state index contributed by atoms with van der Waals surface area (Å²) in [5, 5.41) is 10.9. The number of ketones is 1. The maximum atomic E-state index is 12.4. The third kappa shape index (κ3) is 2.19. The summed E-state index contributed by atoms with van der Waals surface area (Å²) in [6.45, 7) is 1.73. The number of hydrogen-bond donors (Lipinski definition) is 1. The predicted molar refractivity (Wildman–Crippen MR) is 83.8 cm³/mol. The highest BCUT2D eigenvalue weighted by atomic mass is 79.9. The van der Waals surface area contributed by atoms with E-state index in [0.29, 0.717) is 17.0 Å². The van der Waals surface area contributed by atoms with Crippen LogP contribution in [0.4, 0.5) is 5.69 Å². The number of carbonyl (C=O) groups excluding carboxylic acids is 2. The minimum Gasteiger partial charge on any atom is -0.458 e. The molecule has 1 atom stereocenters. The van der Waals surface area contributed by atoms with E-state index in [2.05, 4.69) is 15.9 Å². The molecule has 0 radical (unpaired) electrons. The second kappa shape index (κ2) is 5.07. The van der Waals surface area contributed by atoms with Crippen LogP contribution in [0.5, 0.6) is 0 Å². The van der Waals surface area contributed by atoms with Gasteiger partial charge in [0.15, 0.2) is 11.4 Å². The SMILES string of the molecule is Cc1ccc(C(=O)CC2(O)C(=O)N(C)c3ccc(Br)cc32)o1. The van der Waals surface area contributed by atoms with Crippen LogP contribution in [0.25, 0.3) is 0 Å². The summed E-state index contributed by atoms with van der Waals surface area (Å²) in [5.41, 5.74) is -0.851. The number of rotatable bonds is 3. The number of furan rings is 1. The zero-order valence-corrected chi connectivity index (χ0v) is 13.7. The Morgan fingerprint density at radius 1 is 1.36 bits per heavy atom. The number of amides is 1. The van der Waals surface area contributed by atoms with Gasteiger partial charge in [0, 0.05) is 17.1 Å². The van der Waals surface area contributed by atoms with Gasteiger partial charge in [0.05, 0.1) is 12.1 Å². The molecule has 3 rings (SSSR count). The Morgan fingerprint density at radius 2 is 2.09 bits per heavy atom. The highest BCUT2D eigenvalue weighted by molar-refractivity contribution is 9.10. The lowest BCUT2D eigenvalue weighted by Crippen LogP contribution is -2.40. The summed E-state index contributed by atoms with van der Waals surface area (Å²) in [7, 11) is 1.58. The zero-order chi connectivity index (χ0) is 16.1. The van der Waals surface area contributed by atoms with Gasteiger partial charge in [-0.05, 0) is 37.3 Å². The zero-order valence-electron chi connectivity index (χ0n) is 12.1. The number of carbonyl (C=O) groups is 2. The van der Waals surface area contributed by atoms with Crippen LogP contribution in [-0.2, 0) is 10.4 Å². The minimum absolute atomic E-state index is 0.143. The number of aliphatic hydroxyl groups is 1. The van der Waals surface area contributed by atoms with Crippen molar-refractivity contribution in [3.05, 3.63) is 51.9 Å². The van der Waals surface area contributed by atoms with Gasteiger partial charge in [-0.25, -0.2) is 0 Å². The molecule has 6 heteroatoms. The summed E-state index contributed by atoms with van der Waals surface area (Å²) in [6.07, 6.45) is -0.355. The van der Waals surface area contributed by atoms with Gasteiger partial charge in [-0.1, -0.05) is 15.9 Å². The van der Waals surface area contributed by atoms with Crippen LogP contribution in [0.3, 0.4) is 0 Å². The predicted octanol–water partition coefficient (Wildman–Crippen LogP) is 2.79. The number of likely N-dealkylation sites (N-methyl/N-ethyl adjacent to an activating group) is 1. The van der Waals surface area contributed by atoms with E-state index in [1.165, 1.54) is 4.90 Å². The van der Waals surface area contributed by atoms with E-state index < -0.39 is 17.3 Å². The van der Waals surface area contributed by atoms with Gasteiger partial charge >= 0.3 is 0 Å². The van der Waals surface area contributed by atoms with E-state index in [1.54, 1.807) is 44.3 Å². The first-order valence-corrected chi connectivity index (χ1v) is 7.52. The normalized spacial score (nSPS) is 20.4. The van der Waals surface area contributed by atoms with E-state index in [4.69, 9.17) is 4.42 Å². The van der Waals surface area contributed by atoms with Gasteiger partial charge < -0.3 is 14.4 Å². The second-order valence-electron chi connectivity index (χ2n) is 5.40. The molecule has 1 N–H and O–H groups in total. The van der Waals surface area contributed by atoms with E-state index >= 15 is 0 Å². The number of halogens is 1. The second-order valence-corrected chi connectivity index (χ2v) is 6.31. The lowest BCUT2D eigenvalue weighted by Gasteiger charge is -2.20. The van der Waals surface area contributed by atoms with Crippen molar-refractivity contribution in [1.29, 1.82) is 0 Å². The molecule has 0 bridgehead atoms. The number of hydrogen-bond acceptors (Lipinski definition) is 4. The molecule has 1 amide bonds. The van der Waals surface area contributed by atoms with Crippen molar-refractivity contribution in [3.63, 3.8) is 0 Å². The van der Waals surface area contributed by atoms with Gasteiger partial charge in [-0.15, -0.1) is 0 Å². The largest absolute Gasteiger partial charge is 0.458 e. The Kier molecular flexibility index (Phi) is 3.45. The van der Waals surface area contributed by atoms with Crippen molar-refractivity contribution in [2.45, 2.75) is 18.9 Å². The van der Waals surface area contributed by atoms with E-state index in [9.17, 15) is 14.7 Å². The third-order valence-corrected chi connectivity index (χ3v) is 4.35. The molecule has 5 nitrogen and oxygen atoms in total. The first-order valence-electron chi connectivity index (χ1n) is 6.73. The molecule has 1 aromatic heterocycles. The van der Waals surface area contributed by atoms with Crippen LogP contribution in [0.15, 0.2) is 39.2 Å². The lowest BCUT2D eigenvalue weighted by atomic mass is 9.89. The van der Waals surface area contributed by atoms with E-state index in [1.807, 2.05) is 0 Å². The van der Waals surface area contributed by atoms with Crippen LogP contribution >= 0.6 is 15.9 Å². The third-order valence-electron chi connectivity index (χ3n) is 3.86. The molecular weight excluding hydrogens is 350 g/mol. The summed E-state index contributed by atoms with van der Waals surface area (Å²) in [5.74, 6) is -0.180. The summed E-state index contributed by atoms with van der Waals surface area (Å²) in [6, 6.07) is 8.40. The maximum Gasteiger partial charge on any atom is 0.263 e. The topological polar surface area (TPSA) is 70.8 Å². The van der Waals surface area contributed by atoms with Crippen molar-refractivity contribution in [2.75, 3.05) is 11.9 Å². The number of benzene rings is 1. The van der Waals surface area contributed by atoms with Crippen molar-refractivity contribution in [1.82, 2.24) is 0 Å². The highest BCUT2D eigenvalue weighted by Crippen LogP contribution is 2.43. The summed E-state index contributed by atoms with van der Waals surface area (Å²) >= 11 is 3.33. The monoisotopic (exact) mass is 363 g/mol. The van der Waals surface area contributed by atoms with Gasteiger partial charge in [0.25, 0.3) is 5.91 Å². The van der Waals surface area contributed by atoms with Gasteiger partial charge in [-0.3, -0.25) is 9.59 Å². The standard InChI is InChI=1S/C16H14BrNO4/c1-9-3-6-14(22-9)13(19)8-16(21)11-7-10(17)4-5-12(11)18(2)15(16)20/h3-7,21H,8H2,1-2H3. The first-order chi connectivity index (χ1) is 10.3. The van der Waals surface area contributed by atoms with Crippen LogP contribution in [0, 0.1) is 6.92 Å². The molecule has 0 aliphatic carbocycles. The van der Waals surface area contributed by atoms with Crippen molar-refractivity contribution in [2.24, 2.45) is 0 Å². The number of Topliss-reactive ketones (excluding diaryl/α,β-unsaturated/α-hetero) is 1. The molecule has 2 aromatic rings. The molecule has 0 spiro atoms. The summed E-state index contributed by atoms with van der Waals surface area (Å²) < 4.78 is 6.01. The Balaban J connectivity index is 2.00. The molecule has 22 heavy (non-hydrogen) atoms. The average Bonchev–Trinajstić information content (AvgIpc) is 2.98. The lowest BCUT2D eigenvalue weighted by molar-refractivity contribution is -0.135. The molecular formula is C16H14BrNO4. The number of aryl methyl sites for hydroxylation is 1. The fourth-order valence-corrected chi connectivity index (χ4v) is 3.07. The van der Waals surface area contributed by atoms with Crippen LogP contribution in [0.2, 0.25) is 0 Å².